The molecule has 1 aliphatic rings. The Labute approximate surface area is 184 Å². The molecule has 0 spiro atoms. The molecule has 0 unspecified atom stereocenters. The molecule has 3 aromatic rings. The quantitative estimate of drug-likeness (QED) is 0.599. The largest absolute Gasteiger partial charge is 0.339 e. The van der Waals surface area contributed by atoms with Crippen LogP contribution in [0.1, 0.15) is 31.4 Å². The van der Waals surface area contributed by atoms with Crippen LogP contribution in [0.15, 0.2) is 38.4 Å². The van der Waals surface area contributed by atoms with E-state index in [1.807, 2.05) is 26.0 Å². The Morgan fingerprint density at radius 2 is 2.19 bits per heavy atom. The summed E-state index contributed by atoms with van der Waals surface area (Å²) in [4.78, 5) is 21.2. The zero-order valence-corrected chi connectivity index (χ0v) is 18.9. The van der Waals surface area contributed by atoms with Crippen molar-refractivity contribution in [2.24, 2.45) is 5.92 Å². The van der Waals surface area contributed by atoms with Crippen LogP contribution in [0, 0.1) is 12.8 Å². The van der Waals surface area contributed by atoms with Crippen LogP contribution in [0.5, 0.6) is 0 Å². The van der Waals surface area contributed by atoms with Gasteiger partial charge in [0.15, 0.2) is 0 Å². The van der Waals surface area contributed by atoms with Gasteiger partial charge in [0.25, 0.3) is 10.0 Å². The second kappa shape index (κ2) is 8.85. The van der Waals surface area contributed by atoms with Crippen molar-refractivity contribution in [2.75, 3.05) is 18.4 Å². The summed E-state index contributed by atoms with van der Waals surface area (Å²) in [6, 6.07) is 6.94. The number of hydrogen-bond donors (Lipinski definition) is 1. The number of carbonyl (C=O) groups is 1. The van der Waals surface area contributed by atoms with Gasteiger partial charge in [-0.2, -0.15) is 9.29 Å². The van der Waals surface area contributed by atoms with Crippen LogP contribution < -0.4 is 5.32 Å². The minimum Gasteiger partial charge on any atom is -0.339 e. The molecule has 0 saturated carbocycles. The number of anilines is 1. The molecule has 1 saturated heterocycles. The summed E-state index contributed by atoms with van der Waals surface area (Å²) < 4.78 is 33.1. The highest BCUT2D eigenvalue weighted by Crippen LogP contribution is 2.31. The topological polar surface area (TPSA) is 118 Å². The monoisotopic (exact) mass is 461 g/mol. The van der Waals surface area contributed by atoms with Crippen molar-refractivity contribution < 1.29 is 17.7 Å². The Hall–Kier alpha value is -2.63. The number of aryl methyl sites for hydroxylation is 2. The maximum Gasteiger partial charge on any atom is 0.252 e. The molecule has 1 aliphatic heterocycles. The molecule has 31 heavy (non-hydrogen) atoms. The summed E-state index contributed by atoms with van der Waals surface area (Å²) in [5.74, 6) is 0.687. The van der Waals surface area contributed by atoms with Gasteiger partial charge in [-0.05, 0) is 38.0 Å². The van der Waals surface area contributed by atoms with Crippen molar-refractivity contribution >= 4 is 33.1 Å². The highest BCUT2D eigenvalue weighted by molar-refractivity contribution is 7.91. The average Bonchev–Trinajstić information content (AvgIpc) is 3.43. The second-order valence-electron chi connectivity index (χ2n) is 7.38. The summed E-state index contributed by atoms with van der Waals surface area (Å²) >= 11 is 1.11. The van der Waals surface area contributed by atoms with Gasteiger partial charge in [-0.1, -0.05) is 18.1 Å². The molecule has 0 aliphatic carbocycles. The van der Waals surface area contributed by atoms with Gasteiger partial charge in [0.2, 0.25) is 17.6 Å². The normalized spacial score (nSPS) is 17.5. The lowest BCUT2D eigenvalue weighted by atomic mass is 9.99. The number of nitrogens with zero attached hydrogens (tertiary/aromatic N) is 4. The lowest BCUT2D eigenvalue weighted by Gasteiger charge is -2.30. The van der Waals surface area contributed by atoms with E-state index in [0.29, 0.717) is 48.9 Å². The number of carbonyl (C=O) groups excluding carboxylic acids is 1. The molecule has 1 amide bonds. The van der Waals surface area contributed by atoms with E-state index in [9.17, 15) is 13.2 Å². The number of sulfonamides is 1. The molecule has 0 aromatic carbocycles. The molecule has 9 nitrogen and oxygen atoms in total. The molecule has 4 heterocycles. The van der Waals surface area contributed by atoms with Crippen LogP contribution in [-0.4, -0.2) is 46.8 Å². The van der Waals surface area contributed by atoms with Crippen LogP contribution in [0.2, 0.25) is 0 Å². The van der Waals surface area contributed by atoms with E-state index in [-0.39, 0.29) is 16.7 Å². The van der Waals surface area contributed by atoms with Crippen molar-refractivity contribution in [3.8, 4) is 11.4 Å². The fourth-order valence-electron chi connectivity index (χ4n) is 3.43. The molecule has 1 atom stereocenters. The fourth-order valence-corrected chi connectivity index (χ4v) is 6.26. The van der Waals surface area contributed by atoms with Gasteiger partial charge >= 0.3 is 0 Å². The van der Waals surface area contributed by atoms with Gasteiger partial charge in [-0.3, -0.25) is 4.79 Å². The Bertz CT molecular complexity index is 1190. The van der Waals surface area contributed by atoms with E-state index >= 15 is 0 Å². The van der Waals surface area contributed by atoms with E-state index in [1.165, 1.54) is 4.31 Å². The maximum absolute atomic E-state index is 13.2. The first-order valence-electron chi connectivity index (χ1n) is 10.0. The number of amides is 1. The van der Waals surface area contributed by atoms with Crippen molar-refractivity contribution in [3.63, 3.8) is 0 Å². The average molecular weight is 462 g/mol. The van der Waals surface area contributed by atoms with Crippen LogP contribution >= 0.6 is 11.3 Å². The number of thiophene rings is 1. The summed E-state index contributed by atoms with van der Waals surface area (Å²) in [5.41, 5.74) is 1.40. The molecule has 0 bridgehead atoms. The number of nitrogens with one attached hydrogen (secondary N) is 1. The first kappa shape index (κ1) is 21.6. The lowest BCUT2D eigenvalue weighted by Crippen LogP contribution is -2.43. The predicted molar refractivity (Wildman–Crippen MR) is 116 cm³/mol. The van der Waals surface area contributed by atoms with Crippen LogP contribution in [-0.2, 0) is 21.2 Å². The summed E-state index contributed by atoms with van der Waals surface area (Å²) in [7, 11) is -3.72. The summed E-state index contributed by atoms with van der Waals surface area (Å²) in [6.07, 6.45) is 1.85. The molecule has 4 rings (SSSR count). The third kappa shape index (κ3) is 4.68. The van der Waals surface area contributed by atoms with Gasteiger partial charge < -0.3 is 9.84 Å². The maximum atomic E-state index is 13.2. The van der Waals surface area contributed by atoms with E-state index < -0.39 is 15.9 Å². The molecule has 0 radical (unpaired) electrons. The molecule has 164 valence electrons. The predicted octanol–water partition coefficient (Wildman–Crippen LogP) is 3.10. The Morgan fingerprint density at radius 3 is 2.94 bits per heavy atom. The minimum absolute atomic E-state index is 0.134. The number of pyridine rings is 1. The second-order valence-corrected chi connectivity index (χ2v) is 10.5. The zero-order valence-electron chi connectivity index (χ0n) is 17.2. The Morgan fingerprint density at radius 1 is 1.35 bits per heavy atom. The van der Waals surface area contributed by atoms with Crippen molar-refractivity contribution in [1.82, 2.24) is 19.4 Å². The number of aromatic nitrogens is 3. The molecule has 3 aromatic heterocycles. The Balaban J connectivity index is 1.47. The standard InChI is InChI=1S/C20H23N5O4S2/c1-3-17-23-19(24-29-17)15-10-18(30-12-15)31(27,28)25-9-5-7-14(11-25)20(26)22-16-8-4-6-13(2)21-16/h4,6,8,10,12,14H,3,5,7,9,11H2,1-2H3,(H,21,22,26)/t14-/m0/s1. The first-order valence-corrected chi connectivity index (χ1v) is 12.3. The number of rotatable bonds is 6. The highest BCUT2D eigenvalue weighted by atomic mass is 32.2. The van der Waals surface area contributed by atoms with Crippen molar-refractivity contribution in [3.05, 3.63) is 41.2 Å². The van der Waals surface area contributed by atoms with Gasteiger partial charge in [0.1, 0.15) is 10.0 Å². The van der Waals surface area contributed by atoms with Gasteiger partial charge in [-0.25, -0.2) is 13.4 Å². The minimum atomic E-state index is -3.72. The van der Waals surface area contributed by atoms with Crippen molar-refractivity contribution in [2.45, 2.75) is 37.3 Å². The fraction of sp³-hybridized carbons (Fsp3) is 0.400. The van der Waals surface area contributed by atoms with Crippen LogP contribution in [0.3, 0.4) is 0 Å². The van der Waals surface area contributed by atoms with E-state index in [0.717, 1.165) is 17.0 Å². The number of hydrogen-bond acceptors (Lipinski definition) is 8. The highest BCUT2D eigenvalue weighted by Gasteiger charge is 2.34. The zero-order chi connectivity index (χ0) is 22.0. The van der Waals surface area contributed by atoms with Crippen LogP contribution in [0.4, 0.5) is 5.82 Å². The summed E-state index contributed by atoms with van der Waals surface area (Å²) in [6.45, 7) is 4.26. The van der Waals surface area contributed by atoms with Gasteiger partial charge in [0, 0.05) is 36.1 Å². The van der Waals surface area contributed by atoms with E-state index in [2.05, 4.69) is 20.4 Å². The molecule has 1 N–H and O–H groups in total. The molecular weight excluding hydrogens is 438 g/mol. The molecule has 11 heteroatoms. The molecule has 1 fully saturated rings. The van der Waals surface area contributed by atoms with Crippen molar-refractivity contribution in [1.29, 1.82) is 0 Å². The third-order valence-corrected chi connectivity index (χ3v) is 8.37. The SMILES string of the molecule is CCc1nc(-c2csc(S(=O)(=O)N3CCC[C@H](C(=O)Nc4cccc(C)n4)C3)c2)no1. The lowest BCUT2D eigenvalue weighted by molar-refractivity contribution is -0.120. The smallest absolute Gasteiger partial charge is 0.252 e. The first-order chi connectivity index (χ1) is 14.9. The van der Waals surface area contributed by atoms with Gasteiger partial charge in [0.05, 0.1) is 5.92 Å². The molecular formula is C20H23N5O4S2. The van der Waals surface area contributed by atoms with E-state index in [4.69, 9.17) is 4.52 Å². The number of piperidine rings is 1. The Kier molecular flexibility index (Phi) is 6.17. The van der Waals surface area contributed by atoms with Gasteiger partial charge in [-0.15, -0.1) is 11.3 Å². The van der Waals surface area contributed by atoms with Crippen LogP contribution in [0.25, 0.3) is 11.4 Å². The summed E-state index contributed by atoms with van der Waals surface area (Å²) in [5, 5.41) is 8.40. The van der Waals surface area contributed by atoms with E-state index in [1.54, 1.807) is 17.5 Å². The third-order valence-electron chi connectivity index (χ3n) is 5.09.